The lowest BCUT2D eigenvalue weighted by Gasteiger charge is -2.14. The molecule has 0 bridgehead atoms. The highest BCUT2D eigenvalue weighted by Crippen LogP contribution is 2.33. The minimum absolute atomic E-state index is 0.0315. The van der Waals surface area contributed by atoms with Gasteiger partial charge in [-0.2, -0.15) is 0 Å². The smallest absolute Gasteiger partial charge is 0.269 e. The second-order valence-electron chi connectivity index (χ2n) is 7.25. The number of thiocarbonyl (C=S) groups is 1. The summed E-state index contributed by atoms with van der Waals surface area (Å²) in [6.07, 6.45) is 4.05. The molecule has 3 rings (SSSR count). The van der Waals surface area contributed by atoms with Gasteiger partial charge in [0, 0.05) is 23.6 Å². The topological polar surface area (TPSA) is 98.7 Å². The Morgan fingerprint density at radius 1 is 1.09 bits per heavy atom. The molecule has 1 saturated heterocycles. The highest BCUT2D eigenvalue weighted by atomic mass is 35.5. The number of phenolic OH excluding ortho intramolecular Hbond substituents is 1. The molecule has 3 amide bonds. The zero-order valence-corrected chi connectivity index (χ0v) is 19.9. The number of nitrogens with one attached hydrogen (secondary N) is 2. The van der Waals surface area contributed by atoms with E-state index in [2.05, 4.69) is 10.9 Å². The van der Waals surface area contributed by atoms with Crippen LogP contribution in [0.15, 0.2) is 53.4 Å². The number of hydrogen-bond acceptors (Lipinski definition) is 6. The largest absolute Gasteiger partial charge is 0.508 e. The third kappa shape index (κ3) is 7.31. The fourth-order valence-corrected chi connectivity index (χ4v) is 4.48. The number of hydrazine groups is 1. The minimum Gasteiger partial charge on any atom is -0.508 e. The number of hydrogen-bond donors (Lipinski definition) is 3. The summed E-state index contributed by atoms with van der Waals surface area (Å²) in [7, 11) is 0. The summed E-state index contributed by atoms with van der Waals surface area (Å²) in [6.45, 7) is 0.485. The molecule has 1 fully saturated rings. The Morgan fingerprint density at radius 2 is 1.85 bits per heavy atom. The van der Waals surface area contributed by atoms with E-state index in [-0.39, 0.29) is 29.5 Å². The predicted octanol–water partition coefficient (Wildman–Crippen LogP) is 4.27. The van der Waals surface area contributed by atoms with Crippen molar-refractivity contribution in [2.45, 2.75) is 25.7 Å². The van der Waals surface area contributed by atoms with Gasteiger partial charge in [-0.15, -0.1) is 0 Å². The van der Waals surface area contributed by atoms with E-state index in [9.17, 15) is 19.5 Å². The van der Waals surface area contributed by atoms with Crippen LogP contribution in [0.2, 0.25) is 5.02 Å². The van der Waals surface area contributed by atoms with Gasteiger partial charge in [-0.25, -0.2) is 0 Å². The molecule has 3 N–H and O–H groups in total. The van der Waals surface area contributed by atoms with Crippen molar-refractivity contribution in [3.8, 4) is 5.75 Å². The van der Waals surface area contributed by atoms with E-state index in [1.54, 1.807) is 23.1 Å². The Morgan fingerprint density at radius 3 is 2.58 bits per heavy atom. The fourth-order valence-electron chi connectivity index (χ4n) is 3.04. The van der Waals surface area contributed by atoms with Crippen LogP contribution in [0.4, 0.5) is 0 Å². The van der Waals surface area contributed by atoms with Crippen molar-refractivity contribution >= 4 is 63.7 Å². The highest BCUT2D eigenvalue weighted by molar-refractivity contribution is 8.26. The number of thioether (sulfide) groups is 1. The van der Waals surface area contributed by atoms with Crippen LogP contribution in [-0.2, 0) is 9.59 Å². The lowest BCUT2D eigenvalue weighted by atomic mass is 10.2. The van der Waals surface area contributed by atoms with Crippen LogP contribution < -0.4 is 10.9 Å². The van der Waals surface area contributed by atoms with Crippen molar-refractivity contribution in [1.29, 1.82) is 0 Å². The van der Waals surface area contributed by atoms with E-state index < -0.39 is 5.91 Å². The Labute approximate surface area is 206 Å². The third-order valence-electron chi connectivity index (χ3n) is 4.75. The van der Waals surface area contributed by atoms with Gasteiger partial charge in [0.05, 0.1) is 4.91 Å². The number of aromatic hydroxyl groups is 1. The van der Waals surface area contributed by atoms with Crippen molar-refractivity contribution < 1.29 is 19.5 Å². The number of amides is 3. The summed E-state index contributed by atoms with van der Waals surface area (Å²) in [5, 5.41) is 10.0. The number of carbonyl (C=O) groups is 3. The third-order valence-corrected chi connectivity index (χ3v) is 6.38. The van der Waals surface area contributed by atoms with Crippen molar-refractivity contribution in [3.63, 3.8) is 0 Å². The first kappa shape index (κ1) is 24.8. The Bertz CT molecular complexity index is 1090. The molecule has 0 unspecified atom stereocenters. The Balaban J connectivity index is 1.36. The molecule has 2 aromatic rings. The predicted molar refractivity (Wildman–Crippen MR) is 134 cm³/mol. The maximum atomic E-state index is 12.6. The standard InChI is InChI=1S/C23H22ClN3O4S2/c24-17-10-8-15(9-11-17)13-19-22(31)27(23(32)33-19)12-3-1-2-7-20(29)25-26-21(30)16-5-4-6-18(28)14-16/h4-6,8-11,13-14,28H,1-3,7,12H2,(H,25,29)(H,26,30)/b19-13-. The summed E-state index contributed by atoms with van der Waals surface area (Å²) in [6, 6.07) is 13.0. The molecule has 33 heavy (non-hydrogen) atoms. The molecular weight excluding hydrogens is 482 g/mol. The average Bonchev–Trinajstić information content (AvgIpc) is 3.06. The molecule has 0 radical (unpaired) electrons. The quantitative estimate of drug-likeness (QED) is 0.215. The molecule has 0 aromatic heterocycles. The van der Waals surface area contributed by atoms with Crippen LogP contribution in [0.25, 0.3) is 6.08 Å². The molecule has 0 spiro atoms. The van der Waals surface area contributed by atoms with Gasteiger partial charge >= 0.3 is 0 Å². The van der Waals surface area contributed by atoms with E-state index in [0.29, 0.717) is 33.6 Å². The lowest BCUT2D eigenvalue weighted by molar-refractivity contribution is -0.123. The van der Waals surface area contributed by atoms with E-state index in [1.807, 2.05) is 12.1 Å². The number of phenols is 1. The van der Waals surface area contributed by atoms with Crippen LogP contribution in [0.1, 0.15) is 41.6 Å². The van der Waals surface area contributed by atoms with Crippen molar-refractivity contribution in [3.05, 3.63) is 69.6 Å². The second-order valence-corrected chi connectivity index (χ2v) is 9.36. The van der Waals surface area contributed by atoms with Gasteiger partial charge in [-0.05, 0) is 54.8 Å². The van der Waals surface area contributed by atoms with Crippen LogP contribution in [0, 0.1) is 0 Å². The molecule has 1 heterocycles. The summed E-state index contributed by atoms with van der Waals surface area (Å²) >= 11 is 12.5. The first-order valence-corrected chi connectivity index (χ1v) is 11.8. The Hall–Kier alpha value is -2.88. The van der Waals surface area contributed by atoms with Gasteiger partial charge < -0.3 is 5.11 Å². The number of benzene rings is 2. The van der Waals surface area contributed by atoms with E-state index in [4.69, 9.17) is 23.8 Å². The summed E-state index contributed by atoms with van der Waals surface area (Å²) in [5.41, 5.74) is 5.79. The zero-order chi connectivity index (χ0) is 23.8. The van der Waals surface area contributed by atoms with Gasteiger partial charge in [0.2, 0.25) is 5.91 Å². The van der Waals surface area contributed by atoms with Gasteiger partial charge in [0.15, 0.2) is 0 Å². The van der Waals surface area contributed by atoms with Crippen LogP contribution in [0.5, 0.6) is 5.75 Å². The molecule has 172 valence electrons. The fraction of sp³-hybridized carbons (Fsp3) is 0.217. The molecule has 0 saturated carbocycles. The normalized spacial score (nSPS) is 14.6. The van der Waals surface area contributed by atoms with Crippen molar-refractivity contribution in [2.75, 3.05) is 6.54 Å². The summed E-state index contributed by atoms with van der Waals surface area (Å²) in [4.78, 5) is 38.7. The van der Waals surface area contributed by atoms with E-state index in [0.717, 1.165) is 12.0 Å². The number of halogens is 1. The lowest BCUT2D eigenvalue weighted by Crippen LogP contribution is -2.41. The summed E-state index contributed by atoms with van der Waals surface area (Å²) in [5.74, 6) is -0.983. The first-order chi connectivity index (χ1) is 15.8. The number of unbranched alkanes of at least 4 members (excludes halogenated alkanes) is 2. The first-order valence-electron chi connectivity index (χ1n) is 10.2. The van der Waals surface area contributed by atoms with Gasteiger partial charge in [0.25, 0.3) is 11.8 Å². The SMILES string of the molecule is O=C(CCCCCN1C(=O)/C(=C/c2ccc(Cl)cc2)SC1=S)NNC(=O)c1cccc(O)c1. The van der Waals surface area contributed by atoms with Crippen molar-refractivity contribution in [2.24, 2.45) is 0 Å². The number of carbonyl (C=O) groups excluding carboxylic acids is 3. The van der Waals surface area contributed by atoms with Crippen LogP contribution >= 0.6 is 35.6 Å². The van der Waals surface area contributed by atoms with E-state index in [1.165, 1.54) is 36.0 Å². The number of rotatable bonds is 8. The maximum absolute atomic E-state index is 12.6. The second kappa shape index (κ2) is 11.8. The average molecular weight is 504 g/mol. The summed E-state index contributed by atoms with van der Waals surface area (Å²) < 4.78 is 0.521. The molecule has 7 nitrogen and oxygen atoms in total. The zero-order valence-electron chi connectivity index (χ0n) is 17.5. The van der Waals surface area contributed by atoms with Gasteiger partial charge in [-0.3, -0.25) is 30.1 Å². The van der Waals surface area contributed by atoms with Crippen LogP contribution in [0.3, 0.4) is 0 Å². The molecule has 1 aliphatic heterocycles. The Kier molecular flexibility index (Phi) is 8.87. The molecule has 0 atom stereocenters. The molecular formula is C23H22ClN3O4S2. The van der Waals surface area contributed by atoms with Crippen molar-refractivity contribution in [1.82, 2.24) is 15.8 Å². The maximum Gasteiger partial charge on any atom is 0.269 e. The molecule has 0 aliphatic carbocycles. The van der Waals surface area contributed by atoms with Crippen LogP contribution in [-0.4, -0.2) is 38.6 Å². The highest BCUT2D eigenvalue weighted by Gasteiger charge is 2.31. The van der Waals surface area contributed by atoms with Gasteiger partial charge in [0.1, 0.15) is 10.1 Å². The van der Waals surface area contributed by atoms with E-state index >= 15 is 0 Å². The molecule has 10 heteroatoms. The monoisotopic (exact) mass is 503 g/mol. The molecule has 2 aromatic carbocycles. The minimum atomic E-state index is -0.514. The molecule has 1 aliphatic rings. The van der Waals surface area contributed by atoms with Gasteiger partial charge in [-0.1, -0.05) is 60.2 Å². The number of nitrogens with zero attached hydrogens (tertiary/aromatic N) is 1.